The van der Waals surface area contributed by atoms with Crippen LogP contribution in [-0.2, 0) is 9.47 Å². The molecule has 128 valence electrons. The van der Waals surface area contributed by atoms with Crippen LogP contribution in [0.3, 0.4) is 0 Å². The van der Waals surface area contributed by atoms with Gasteiger partial charge < -0.3 is 25.8 Å². The van der Waals surface area contributed by atoms with Gasteiger partial charge in [-0.15, -0.1) is 0 Å². The number of nitrogens with zero attached hydrogens (tertiary/aromatic N) is 1. The molecule has 1 aliphatic rings. The largest absolute Gasteiger partial charge is 0.397 e. The maximum atomic E-state index is 11.9. The summed E-state index contributed by atoms with van der Waals surface area (Å²) >= 11 is 0. The second-order valence-electron chi connectivity index (χ2n) is 5.43. The van der Waals surface area contributed by atoms with E-state index in [2.05, 4.69) is 15.5 Å². The van der Waals surface area contributed by atoms with Gasteiger partial charge in [-0.2, -0.15) is 0 Å². The van der Waals surface area contributed by atoms with E-state index in [9.17, 15) is 4.79 Å². The molecule has 0 atom stereocenters. The van der Waals surface area contributed by atoms with Crippen LogP contribution in [0.15, 0.2) is 18.2 Å². The number of benzene rings is 1. The Bertz CT molecular complexity index is 504. The monoisotopic (exact) mass is 322 g/mol. The molecule has 0 unspecified atom stereocenters. The van der Waals surface area contributed by atoms with Crippen molar-refractivity contribution < 1.29 is 14.3 Å². The summed E-state index contributed by atoms with van der Waals surface area (Å²) < 4.78 is 10.2. The van der Waals surface area contributed by atoms with Crippen molar-refractivity contribution in [1.82, 2.24) is 10.2 Å². The molecule has 0 bridgehead atoms. The van der Waals surface area contributed by atoms with Crippen LogP contribution < -0.4 is 16.4 Å². The third-order valence-electron chi connectivity index (χ3n) is 3.75. The van der Waals surface area contributed by atoms with E-state index in [1.54, 1.807) is 19.2 Å². The lowest BCUT2D eigenvalue weighted by Gasteiger charge is -2.26. The Morgan fingerprint density at radius 3 is 2.83 bits per heavy atom. The fraction of sp³-hybridized carbons (Fsp3) is 0.562. The molecule has 0 saturated carbocycles. The van der Waals surface area contributed by atoms with Crippen LogP contribution in [0.4, 0.5) is 11.4 Å². The number of amides is 1. The van der Waals surface area contributed by atoms with Gasteiger partial charge in [0, 0.05) is 45.4 Å². The number of carbonyl (C=O) groups excluding carboxylic acids is 1. The Morgan fingerprint density at radius 2 is 2.13 bits per heavy atom. The lowest BCUT2D eigenvalue weighted by molar-refractivity contribution is 0.0398. The average Bonchev–Trinajstić information content (AvgIpc) is 2.57. The van der Waals surface area contributed by atoms with Crippen molar-refractivity contribution in [2.75, 3.05) is 70.7 Å². The molecule has 0 radical (unpaired) electrons. The summed E-state index contributed by atoms with van der Waals surface area (Å²) in [7, 11) is 1.60. The predicted molar refractivity (Wildman–Crippen MR) is 90.8 cm³/mol. The minimum atomic E-state index is -0.145. The molecule has 1 aromatic carbocycles. The smallest absolute Gasteiger partial charge is 0.251 e. The Labute approximate surface area is 137 Å². The first-order valence-electron chi connectivity index (χ1n) is 7.91. The van der Waals surface area contributed by atoms with Crippen molar-refractivity contribution in [3.8, 4) is 0 Å². The first-order chi connectivity index (χ1) is 11.2. The molecule has 1 heterocycles. The number of nitrogen functional groups attached to an aromatic ring is 1. The number of anilines is 2. The fourth-order valence-electron chi connectivity index (χ4n) is 2.41. The fourth-order valence-corrected chi connectivity index (χ4v) is 2.41. The lowest BCUT2D eigenvalue weighted by atomic mass is 10.1. The zero-order valence-corrected chi connectivity index (χ0v) is 13.6. The number of ether oxygens (including phenoxy) is 2. The topological polar surface area (TPSA) is 88.8 Å². The van der Waals surface area contributed by atoms with E-state index >= 15 is 0 Å². The summed E-state index contributed by atoms with van der Waals surface area (Å²) in [5.41, 5.74) is 8.01. The van der Waals surface area contributed by atoms with Crippen LogP contribution in [-0.4, -0.2) is 70.5 Å². The van der Waals surface area contributed by atoms with E-state index in [0.717, 1.165) is 45.1 Å². The Hall–Kier alpha value is -1.83. The van der Waals surface area contributed by atoms with Crippen LogP contribution in [0, 0.1) is 0 Å². The highest BCUT2D eigenvalue weighted by Crippen LogP contribution is 2.19. The number of hydrogen-bond donors (Lipinski definition) is 3. The van der Waals surface area contributed by atoms with E-state index in [1.165, 1.54) is 0 Å². The summed E-state index contributed by atoms with van der Waals surface area (Å²) in [5, 5.41) is 6.09. The van der Waals surface area contributed by atoms with Crippen LogP contribution in [0.25, 0.3) is 0 Å². The van der Waals surface area contributed by atoms with Crippen molar-refractivity contribution in [2.45, 2.75) is 0 Å². The van der Waals surface area contributed by atoms with Gasteiger partial charge in [0.1, 0.15) is 0 Å². The molecular formula is C16H26N4O3. The summed E-state index contributed by atoms with van der Waals surface area (Å²) in [6, 6.07) is 5.31. The zero-order chi connectivity index (χ0) is 16.5. The van der Waals surface area contributed by atoms with Crippen LogP contribution >= 0.6 is 0 Å². The highest BCUT2D eigenvalue weighted by atomic mass is 16.5. The standard InChI is InChI=1S/C16H26N4O3/c1-22-9-5-19-16(21)13-2-3-15(14(17)12-13)18-4-6-20-7-10-23-11-8-20/h2-3,12,18H,4-11,17H2,1H3,(H,19,21). The number of nitrogens with two attached hydrogens (primary N) is 1. The normalized spacial score (nSPS) is 15.3. The number of carbonyl (C=O) groups is 1. The maximum absolute atomic E-state index is 11.9. The van der Waals surface area contributed by atoms with Crippen molar-refractivity contribution in [3.05, 3.63) is 23.8 Å². The van der Waals surface area contributed by atoms with Crippen molar-refractivity contribution >= 4 is 17.3 Å². The van der Waals surface area contributed by atoms with Gasteiger partial charge in [-0.1, -0.05) is 0 Å². The number of hydrogen-bond acceptors (Lipinski definition) is 6. The molecule has 1 aliphatic heterocycles. The molecule has 7 nitrogen and oxygen atoms in total. The van der Waals surface area contributed by atoms with E-state index in [1.807, 2.05) is 6.07 Å². The highest BCUT2D eigenvalue weighted by molar-refractivity contribution is 5.96. The quantitative estimate of drug-likeness (QED) is 0.474. The molecule has 23 heavy (non-hydrogen) atoms. The van der Waals surface area contributed by atoms with Gasteiger partial charge in [0.15, 0.2) is 0 Å². The summed E-state index contributed by atoms with van der Waals surface area (Å²) in [4.78, 5) is 14.3. The van der Waals surface area contributed by atoms with Gasteiger partial charge in [-0.05, 0) is 18.2 Å². The second kappa shape index (κ2) is 9.34. The Morgan fingerprint density at radius 1 is 1.35 bits per heavy atom. The Kier molecular flexibility index (Phi) is 7.12. The maximum Gasteiger partial charge on any atom is 0.251 e. The average molecular weight is 322 g/mol. The van der Waals surface area contributed by atoms with Gasteiger partial charge in [0.2, 0.25) is 0 Å². The summed E-state index contributed by atoms with van der Waals surface area (Å²) in [6.07, 6.45) is 0. The van der Waals surface area contributed by atoms with Crippen LogP contribution in [0.5, 0.6) is 0 Å². The van der Waals surface area contributed by atoms with E-state index in [0.29, 0.717) is 24.4 Å². The first kappa shape index (κ1) is 17.5. The predicted octanol–water partition coefficient (Wildman–Crippen LogP) is 0.389. The van der Waals surface area contributed by atoms with Crippen molar-refractivity contribution in [2.24, 2.45) is 0 Å². The molecule has 1 fully saturated rings. The third-order valence-corrected chi connectivity index (χ3v) is 3.75. The summed E-state index contributed by atoms with van der Waals surface area (Å²) in [5.74, 6) is -0.145. The molecule has 1 amide bonds. The van der Waals surface area contributed by atoms with Crippen molar-refractivity contribution in [3.63, 3.8) is 0 Å². The van der Waals surface area contributed by atoms with Crippen LogP contribution in [0.1, 0.15) is 10.4 Å². The minimum absolute atomic E-state index is 0.145. The number of nitrogens with one attached hydrogen (secondary N) is 2. The number of methoxy groups -OCH3 is 1. The molecule has 2 rings (SSSR count). The van der Waals surface area contributed by atoms with Gasteiger partial charge in [0.25, 0.3) is 5.91 Å². The van der Waals surface area contributed by atoms with Gasteiger partial charge in [-0.3, -0.25) is 9.69 Å². The molecule has 1 saturated heterocycles. The van der Waals surface area contributed by atoms with Crippen molar-refractivity contribution in [1.29, 1.82) is 0 Å². The second-order valence-corrected chi connectivity index (χ2v) is 5.43. The zero-order valence-electron chi connectivity index (χ0n) is 13.6. The SMILES string of the molecule is COCCNC(=O)c1ccc(NCCN2CCOCC2)c(N)c1. The third kappa shape index (κ3) is 5.70. The summed E-state index contributed by atoms with van der Waals surface area (Å²) in [6.45, 7) is 6.27. The number of rotatable bonds is 8. The molecular weight excluding hydrogens is 296 g/mol. The lowest BCUT2D eigenvalue weighted by Crippen LogP contribution is -2.39. The van der Waals surface area contributed by atoms with Crippen LogP contribution in [0.2, 0.25) is 0 Å². The first-order valence-corrected chi connectivity index (χ1v) is 7.91. The molecule has 4 N–H and O–H groups in total. The Balaban J connectivity index is 1.80. The molecule has 0 spiro atoms. The van der Waals surface area contributed by atoms with E-state index < -0.39 is 0 Å². The highest BCUT2D eigenvalue weighted by Gasteiger charge is 2.10. The molecule has 0 aliphatic carbocycles. The number of morpholine rings is 1. The molecule has 0 aromatic heterocycles. The van der Waals surface area contributed by atoms with Gasteiger partial charge in [-0.25, -0.2) is 0 Å². The molecule has 7 heteroatoms. The minimum Gasteiger partial charge on any atom is -0.397 e. The van der Waals surface area contributed by atoms with E-state index in [4.69, 9.17) is 15.2 Å². The van der Waals surface area contributed by atoms with Gasteiger partial charge in [0.05, 0.1) is 31.2 Å². The van der Waals surface area contributed by atoms with E-state index in [-0.39, 0.29) is 5.91 Å². The molecule has 1 aromatic rings. The van der Waals surface area contributed by atoms with Gasteiger partial charge >= 0.3 is 0 Å².